The van der Waals surface area contributed by atoms with Gasteiger partial charge >= 0.3 is 0 Å². The zero-order valence-corrected chi connectivity index (χ0v) is 11.4. The first-order chi connectivity index (χ1) is 10.2. The Bertz CT molecular complexity index is 824. The average Bonchev–Trinajstić information content (AvgIpc) is 2.85. The number of halogens is 1. The maximum atomic E-state index is 13.5. The fraction of sp³-hybridized carbons (Fsp3) is 0.188. The third-order valence-corrected chi connectivity index (χ3v) is 3.96. The highest BCUT2D eigenvalue weighted by molar-refractivity contribution is 5.92. The van der Waals surface area contributed by atoms with Crippen molar-refractivity contribution in [2.75, 3.05) is 17.6 Å². The van der Waals surface area contributed by atoms with Crippen LogP contribution in [-0.2, 0) is 0 Å². The number of nitrogens with two attached hydrogens (primary N) is 1. The van der Waals surface area contributed by atoms with E-state index in [2.05, 4.69) is 10.4 Å². The Kier molecular flexibility index (Phi) is 2.60. The molecule has 1 aliphatic rings. The molecule has 21 heavy (non-hydrogen) atoms. The van der Waals surface area contributed by atoms with Gasteiger partial charge in [0.1, 0.15) is 11.6 Å². The van der Waals surface area contributed by atoms with Crippen molar-refractivity contribution in [2.24, 2.45) is 0 Å². The quantitative estimate of drug-likeness (QED) is 0.674. The Labute approximate surface area is 121 Å². The highest BCUT2D eigenvalue weighted by Gasteiger charge is 2.24. The molecule has 1 unspecified atom stereocenters. The first-order valence-electron chi connectivity index (χ1n) is 6.99. The molecule has 0 radical (unpaired) electrons. The van der Waals surface area contributed by atoms with Crippen molar-refractivity contribution in [3.8, 4) is 0 Å². The summed E-state index contributed by atoms with van der Waals surface area (Å²) >= 11 is 0. The zero-order valence-electron chi connectivity index (χ0n) is 11.4. The van der Waals surface area contributed by atoms with Gasteiger partial charge in [-0.25, -0.2) is 9.07 Å². The monoisotopic (exact) mass is 282 g/mol. The molecule has 1 aliphatic heterocycles. The van der Waals surface area contributed by atoms with Crippen LogP contribution >= 0.6 is 0 Å². The second kappa shape index (κ2) is 4.48. The largest absolute Gasteiger partial charge is 0.399 e. The maximum Gasteiger partial charge on any atom is 0.133 e. The summed E-state index contributed by atoms with van der Waals surface area (Å²) in [4.78, 5) is 0. The zero-order chi connectivity index (χ0) is 14.4. The molecule has 4 nitrogen and oxygen atoms in total. The van der Waals surface area contributed by atoms with Crippen LogP contribution in [0.25, 0.3) is 10.9 Å². The van der Waals surface area contributed by atoms with Gasteiger partial charge in [0.25, 0.3) is 0 Å². The molecular formula is C16H15FN4. The van der Waals surface area contributed by atoms with Gasteiger partial charge in [-0.2, -0.15) is 5.10 Å². The van der Waals surface area contributed by atoms with Crippen LogP contribution in [0.4, 0.5) is 15.9 Å². The van der Waals surface area contributed by atoms with Crippen molar-refractivity contribution in [2.45, 2.75) is 12.5 Å². The number of nitrogens with zero attached hydrogens (tertiary/aromatic N) is 2. The summed E-state index contributed by atoms with van der Waals surface area (Å²) in [7, 11) is 0. The highest BCUT2D eigenvalue weighted by atomic mass is 19.1. The standard InChI is InChI=1S/C16H15FN4/c17-11-3-1-2-10(8-11)15-6-7-19-16-13-9-12(18)4-5-14(13)20-21(15)16/h1-5,8-9,15,19H,6-7,18H2. The molecule has 0 bridgehead atoms. The second-order valence-electron chi connectivity index (χ2n) is 5.36. The molecule has 3 N–H and O–H groups in total. The van der Waals surface area contributed by atoms with Crippen molar-refractivity contribution < 1.29 is 4.39 Å². The molecule has 2 heterocycles. The van der Waals surface area contributed by atoms with Gasteiger partial charge < -0.3 is 11.1 Å². The Balaban J connectivity index is 1.90. The molecule has 106 valence electrons. The molecule has 0 spiro atoms. The van der Waals surface area contributed by atoms with Crippen molar-refractivity contribution >= 4 is 22.4 Å². The fourth-order valence-corrected chi connectivity index (χ4v) is 2.99. The van der Waals surface area contributed by atoms with Crippen LogP contribution in [0.15, 0.2) is 42.5 Å². The van der Waals surface area contributed by atoms with E-state index in [0.717, 1.165) is 35.2 Å². The van der Waals surface area contributed by atoms with Crippen LogP contribution in [0, 0.1) is 5.82 Å². The third kappa shape index (κ3) is 1.93. The molecule has 0 saturated carbocycles. The average molecular weight is 282 g/mol. The number of hydrogen-bond acceptors (Lipinski definition) is 3. The van der Waals surface area contributed by atoms with Gasteiger partial charge in [0.15, 0.2) is 0 Å². The van der Waals surface area contributed by atoms with Crippen LogP contribution in [0.5, 0.6) is 0 Å². The molecule has 0 aliphatic carbocycles. The summed E-state index contributed by atoms with van der Waals surface area (Å²) in [5.74, 6) is 0.742. The summed E-state index contributed by atoms with van der Waals surface area (Å²) < 4.78 is 15.4. The maximum absolute atomic E-state index is 13.5. The lowest BCUT2D eigenvalue weighted by atomic mass is 10.0. The minimum Gasteiger partial charge on any atom is -0.399 e. The molecule has 0 saturated heterocycles. The van der Waals surface area contributed by atoms with Crippen LogP contribution in [-0.4, -0.2) is 16.3 Å². The van der Waals surface area contributed by atoms with Gasteiger partial charge in [-0.15, -0.1) is 0 Å². The molecule has 1 aromatic heterocycles. The third-order valence-electron chi connectivity index (χ3n) is 3.96. The van der Waals surface area contributed by atoms with Crippen LogP contribution < -0.4 is 11.1 Å². The van der Waals surface area contributed by atoms with E-state index in [0.29, 0.717) is 5.69 Å². The normalized spacial score (nSPS) is 17.5. The predicted molar refractivity (Wildman–Crippen MR) is 81.8 cm³/mol. The number of nitrogens with one attached hydrogen (secondary N) is 1. The lowest BCUT2D eigenvalue weighted by molar-refractivity contribution is 0.482. The molecule has 5 heteroatoms. The molecule has 1 atom stereocenters. The Morgan fingerprint density at radius 2 is 2.14 bits per heavy atom. The van der Waals surface area contributed by atoms with E-state index in [1.54, 1.807) is 12.1 Å². The summed E-state index contributed by atoms with van der Waals surface area (Å²) in [6, 6.07) is 12.5. The van der Waals surface area contributed by atoms with Crippen LogP contribution in [0.3, 0.4) is 0 Å². The van der Waals surface area contributed by atoms with E-state index in [-0.39, 0.29) is 11.9 Å². The van der Waals surface area contributed by atoms with Crippen molar-refractivity contribution in [1.29, 1.82) is 0 Å². The van der Waals surface area contributed by atoms with E-state index >= 15 is 0 Å². The number of benzene rings is 2. The minimum atomic E-state index is -0.214. The van der Waals surface area contributed by atoms with Gasteiger partial charge in [-0.05, 0) is 42.3 Å². The molecule has 2 aromatic carbocycles. The van der Waals surface area contributed by atoms with Crippen molar-refractivity contribution in [3.05, 3.63) is 53.8 Å². The van der Waals surface area contributed by atoms with Crippen molar-refractivity contribution in [3.63, 3.8) is 0 Å². The van der Waals surface area contributed by atoms with Gasteiger partial charge in [-0.1, -0.05) is 12.1 Å². The van der Waals surface area contributed by atoms with E-state index in [9.17, 15) is 4.39 Å². The molecule has 0 amide bonds. The Hall–Kier alpha value is -2.56. The number of hydrogen-bond donors (Lipinski definition) is 2. The summed E-state index contributed by atoms with van der Waals surface area (Å²) in [6.45, 7) is 0.830. The number of fused-ring (bicyclic) bond motifs is 3. The smallest absolute Gasteiger partial charge is 0.133 e. The van der Waals surface area contributed by atoms with E-state index in [4.69, 9.17) is 5.73 Å². The van der Waals surface area contributed by atoms with Gasteiger partial charge in [-0.3, -0.25) is 0 Å². The molecular weight excluding hydrogens is 267 g/mol. The minimum absolute atomic E-state index is 0.0468. The van der Waals surface area contributed by atoms with Crippen LogP contribution in [0.1, 0.15) is 18.0 Å². The Morgan fingerprint density at radius 1 is 1.24 bits per heavy atom. The van der Waals surface area contributed by atoms with E-state index in [1.165, 1.54) is 6.07 Å². The second-order valence-corrected chi connectivity index (χ2v) is 5.36. The van der Waals surface area contributed by atoms with E-state index < -0.39 is 0 Å². The van der Waals surface area contributed by atoms with Crippen LogP contribution in [0.2, 0.25) is 0 Å². The molecule has 4 rings (SSSR count). The number of anilines is 2. The van der Waals surface area contributed by atoms with Gasteiger partial charge in [0.2, 0.25) is 0 Å². The summed E-state index contributed by atoms with van der Waals surface area (Å²) in [5.41, 5.74) is 8.42. The number of aromatic nitrogens is 2. The SMILES string of the molecule is Nc1ccc2nn3c(c2c1)NCCC3c1cccc(F)c1. The highest BCUT2D eigenvalue weighted by Crippen LogP contribution is 2.35. The lowest BCUT2D eigenvalue weighted by Gasteiger charge is -2.26. The summed E-state index contributed by atoms with van der Waals surface area (Å²) in [6.07, 6.45) is 0.875. The van der Waals surface area contributed by atoms with Crippen molar-refractivity contribution in [1.82, 2.24) is 9.78 Å². The number of nitrogen functional groups attached to an aromatic ring is 1. The fourth-order valence-electron chi connectivity index (χ4n) is 2.99. The van der Waals surface area contributed by atoms with Gasteiger partial charge in [0, 0.05) is 17.6 Å². The van der Waals surface area contributed by atoms with Gasteiger partial charge in [0.05, 0.1) is 11.6 Å². The first-order valence-corrected chi connectivity index (χ1v) is 6.99. The first kappa shape index (κ1) is 12.2. The molecule has 0 fully saturated rings. The number of rotatable bonds is 1. The molecule has 3 aromatic rings. The Morgan fingerprint density at radius 3 is 3.00 bits per heavy atom. The predicted octanol–water partition coefficient (Wildman–Crippen LogP) is 3.16. The lowest BCUT2D eigenvalue weighted by Crippen LogP contribution is -2.24. The topological polar surface area (TPSA) is 55.9 Å². The summed E-state index contributed by atoms with van der Waals surface area (Å²) in [5, 5.41) is 9.05. The van der Waals surface area contributed by atoms with E-state index in [1.807, 2.05) is 28.9 Å².